The summed E-state index contributed by atoms with van der Waals surface area (Å²) in [6.07, 6.45) is 0. The van der Waals surface area contributed by atoms with E-state index in [0.29, 0.717) is 5.69 Å². The third-order valence-electron chi connectivity index (χ3n) is 2.11. The fourth-order valence-electron chi connectivity index (χ4n) is 1.28. The SMILES string of the molecule is O=C(Nc1ccc(F)cc1)c1ccc(N(O)O)o1. The van der Waals surface area contributed by atoms with Gasteiger partial charge in [0, 0.05) is 11.8 Å². The Hall–Kier alpha value is -2.38. The molecule has 1 amide bonds. The van der Waals surface area contributed by atoms with Crippen molar-refractivity contribution < 1.29 is 24.0 Å². The minimum absolute atomic E-state index is 0.109. The van der Waals surface area contributed by atoms with Crippen molar-refractivity contribution in [2.24, 2.45) is 0 Å². The highest BCUT2D eigenvalue weighted by atomic mass is 19.1. The number of carbonyl (C=O) groups is 1. The molecule has 1 heterocycles. The van der Waals surface area contributed by atoms with Crippen molar-refractivity contribution in [2.75, 3.05) is 10.5 Å². The maximum absolute atomic E-state index is 12.6. The van der Waals surface area contributed by atoms with Crippen LogP contribution in [-0.4, -0.2) is 16.3 Å². The smallest absolute Gasteiger partial charge is 0.291 e. The lowest BCUT2D eigenvalue weighted by atomic mass is 10.3. The number of furan rings is 1. The Morgan fingerprint density at radius 1 is 1.17 bits per heavy atom. The standard InChI is InChI=1S/C11H9FN2O4/c12-7-1-3-8(4-2-7)13-11(15)9-5-6-10(18-9)14(16)17/h1-6,16-17H,(H,13,15). The van der Waals surface area contributed by atoms with Crippen LogP contribution in [0.5, 0.6) is 0 Å². The molecule has 0 radical (unpaired) electrons. The molecular weight excluding hydrogens is 243 g/mol. The second kappa shape index (κ2) is 4.86. The molecule has 18 heavy (non-hydrogen) atoms. The van der Waals surface area contributed by atoms with Gasteiger partial charge in [0.15, 0.2) is 5.76 Å². The molecule has 94 valence electrons. The molecule has 2 aromatic rings. The number of halogens is 1. The van der Waals surface area contributed by atoms with Gasteiger partial charge in [-0.1, -0.05) is 5.23 Å². The van der Waals surface area contributed by atoms with E-state index in [0.717, 1.165) is 0 Å². The van der Waals surface area contributed by atoms with E-state index in [-0.39, 0.29) is 16.9 Å². The van der Waals surface area contributed by atoms with Gasteiger partial charge in [0.25, 0.3) is 5.91 Å². The maximum Gasteiger partial charge on any atom is 0.291 e. The lowest BCUT2D eigenvalue weighted by molar-refractivity contribution is 0.0171. The maximum atomic E-state index is 12.6. The summed E-state index contributed by atoms with van der Waals surface area (Å²) in [7, 11) is 0. The van der Waals surface area contributed by atoms with Crippen LogP contribution in [0.2, 0.25) is 0 Å². The van der Waals surface area contributed by atoms with Gasteiger partial charge in [-0.25, -0.2) is 4.39 Å². The van der Waals surface area contributed by atoms with E-state index < -0.39 is 11.7 Å². The number of amides is 1. The Bertz CT molecular complexity index is 550. The van der Waals surface area contributed by atoms with Crippen molar-refractivity contribution >= 4 is 17.5 Å². The Labute approximate surface area is 101 Å². The molecule has 1 aromatic heterocycles. The first-order chi connectivity index (χ1) is 8.56. The summed E-state index contributed by atoms with van der Waals surface area (Å²) in [6.45, 7) is 0. The molecule has 2 rings (SSSR count). The molecule has 0 atom stereocenters. The summed E-state index contributed by atoms with van der Waals surface area (Å²) in [5.74, 6) is -1.40. The number of hydrogen-bond donors (Lipinski definition) is 3. The number of hydrogen-bond acceptors (Lipinski definition) is 5. The molecule has 0 saturated carbocycles. The minimum atomic E-state index is -0.588. The summed E-state index contributed by atoms with van der Waals surface area (Å²) >= 11 is 0. The second-order valence-electron chi connectivity index (χ2n) is 3.39. The topological polar surface area (TPSA) is 85.9 Å². The highest BCUT2D eigenvalue weighted by Gasteiger charge is 2.13. The number of nitrogens with zero attached hydrogens (tertiary/aromatic N) is 1. The number of benzene rings is 1. The Morgan fingerprint density at radius 3 is 2.39 bits per heavy atom. The van der Waals surface area contributed by atoms with Crippen LogP contribution in [-0.2, 0) is 0 Å². The molecule has 0 aliphatic heterocycles. The first-order valence-corrected chi connectivity index (χ1v) is 4.91. The molecule has 6 nitrogen and oxygen atoms in total. The number of carbonyl (C=O) groups excluding carboxylic acids is 1. The van der Waals surface area contributed by atoms with E-state index in [1.807, 2.05) is 0 Å². The molecule has 0 spiro atoms. The van der Waals surface area contributed by atoms with Crippen LogP contribution >= 0.6 is 0 Å². The van der Waals surface area contributed by atoms with Crippen molar-refractivity contribution in [1.29, 1.82) is 0 Å². The monoisotopic (exact) mass is 252 g/mol. The van der Waals surface area contributed by atoms with E-state index in [9.17, 15) is 9.18 Å². The highest BCUT2D eigenvalue weighted by molar-refractivity contribution is 6.02. The number of nitrogens with one attached hydrogen (secondary N) is 1. The average Bonchev–Trinajstić information content (AvgIpc) is 2.81. The van der Waals surface area contributed by atoms with Gasteiger partial charge in [-0.05, 0) is 30.3 Å². The van der Waals surface area contributed by atoms with Gasteiger partial charge in [-0.3, -0.25) is 15.2 Å². The number of rotatable bonds is 3. The van der Waals surface area contributed by atoms with Gasteiger partial charge in [0.1, 0.15) is 5.82 Å². The third-order valence-corrected chi connectivity index (χ3v) is 2.11. The van der Waals surface area contributed by atoms with Crippen molar-refractivity contribution in [3.05, 3.63) is 48.0 Å². The average molecular weight is 252 g/mol. The minimum Gasteiger partial charge on any atom is -0.431 e. The van der Waals surface area contributed by atoms with E-state index >= 15 is 0 Å². The van der Waals surface area contributed by atoms with Gasteiger partial charge in [0.05, 0.1) is 0 Å². The lowest BCUT2D eigenvalue weighted by Gasteiger charge is -2.03. The second-order valence-corrected chi connectivity index (χ2v) is 3.39. The lowest BCUT2D eigenvalue weighted by Crippen LogP contribution is -2.12. The predicted octanol–water partition coefficient (Wildman–Crippen LogP) is 2.26. The molecule has 0 fully saturated rings. The molecule has 0 aliphatic rings. The van der Waals surface area contributed by atoms with E-state index in [2.05, 4.69) is 5.32 Å². The fourth-order valence-corrected chi connectivity index (χ4v) is 1.28. The molecule has 0 saturated heterocycles. The van der Waals surface area contributed by atoms with E-state index in [1.54, 1.807) is 0 Å². The van der Waals surface area contributed by atoms with E-state index in [4.69, 9.17) is 14.8 Å². The fraction of sp³-hybridized carbons (Fsp3) is 0. The van der Waals surface area contributed by atoms with Gasteiger partial charge in [0.2, 0.25) is 5.88 Å². The number of anilines is 2. The zero-order valence-electron chi connectivity index (χ0n) is 9.00. The predicted molar refractivity (Wildman–Crippen MR) is 59.1 cm³/mol. The van der Waals surface area contributed by atoms with Crippen LogP contribution in [0.1, 0.15) is 10.6 Å². The normalized spacial score (nSPS) is 10.2. The van der Waals surface area contributed by atoms with Crippen molar-refractivity contribution in [3.8, 4) is 0 Å². The van der Waals surface area contributed by atoms with Crippen molar-refractivity contribution in [2.45, 2.75) is 0 Å². The first-order valence-electron chi connectivity index (χ1n) is 4.91. The van der Waals surface area contributed by atoms with Crippen LogP contribution in [0.15, 0.2) is 40.8 Å². The molecule has 3 N–H and O–H groups in total. The largest absolute Gasteiger partial charge is 0.431 e. The van der Waals surface area contributed by atoms with Crippen LogP contribution in [0, 0.1) is 5.82 Å². The molecule has 0 unspecified atom stereocenters. The van der Waals surface area contributed by atoms with Crippen LogP contribution in [0.25, 0.3) is 0 Å². The van der Waals surface area contributed by atoms with Crippen molar-refractivity contribution in [1.82, 2.24) is 0 Å². The molecular formula is C11H9FN2O4. The third kappa shape index (κ3) is 2.65. The zero-order chi connectivity index (χ0) is 13.1. The van der Waals surface area contributed by atoms with Gasteiger partial charge in [-0.15, -0.1) is 0 Å². The van der Waals surface area contributed by atoms with Gasteiger partial charge < -0.3 is 9.73 Å². The van der Waals surface area contributed by atoms with Crippen LogP contribution in [0.3, 0.4) is 0 Å². The van der Waals surface area contributed by atoms with Crippen LogP contribution < -0.4 is 10.5 Å². The molecule has 1 aromatic carbocycles. The van der Waals surface area contributed by atoms with Crippen LogP contribution in [0.4, 0.5) is 16.0 Å². The van der Waals surface area contributed by atoms with Gasteiger partial charge in [-0.2, -0.15) is 0 Å². The van der Waals surface area contributed by atoms with E-state index in [1.165, 1.54) is 36.4 Å². The zero-order valence-corrected chi connectivity index (χ0v) is 9.00. The Morgan fingerprint density at radius 2 is 1.83 bits per heavy atom. The summed E-state index contributed by atoms with van der Waals surface area (Å²) in [5.41, 5.74) is 0.393. The molecule has 7 heteroatoms. The quantitative estimate of drug-likeness (QED) is 0.729. The van der Waals surface area contributed by atoms with Gasteiger partial charge >= 0.3 is 0 Å². The Kier molecular flexibility index (Phi) is 3.26. The summed E-state index contributed by atoms with van der Waals surface area (Å²) < 4.78 is 17.5. The highest BCUT2D eigenvalue weighted by Crippen LogP contribution is 2.17. The van der Waals surface area contributed by atoms with Crippen molar-refractivity contribution in [3.63, 3.8) is 0 Å². The molecule has 0 bridgehead atoms. The summed E-state index contributed by atoms with van der Waals surface area (Å²) in [4.78, 5) is 11.7. The first kappa shape index (κ1) is 12.1. The Balaban J connectivity index is 2.09. The summed E-state index contributed by atoms with van der Waals surface area (Å²) in [6, 6.07) is 7.66. The molecule has 0 aliphatic carbocycles. The summed E-state index contributed by atoms with van der Waals surface area (Å²) in [5, 5.41) is 19.5.